The molecular formula is C13H16O4. The van der Waals surface area contributed by atoms with Crippen LogP contribution in [0.1, 0.15) is 31.9 Å². The number of Topliss-reactive ketones (excluding diaryl/α,β-unsaturated/α-hetero) is 1. The molecule has 4 heteroatoms. The lowest BCUT2D eigenvalue weighted by Gasteiger charge is -2.16. The van der Waals surface area contributed by atoms with Crippen LogP contribution in [-0.2, 0) is 14.3 Å². The molecule has 0 heterocycles. The summed E-state index contributed by atoms with van der Waals surface area (Å²) in [6.07, 6.45) is -0.331. The molecule has 0 N–H and O–H groups in total. The van der Waals surface area contributed by atoms with E-state index < -0.39 is 12.1 Å². The Morgan fingerprint density at radius 3 is 2.18 bits per heavy atom. The molecule has 0 spiro atoms. The summed E-state index contributed by atoms with van der Waals surface area (Å²) in [5.74, 6) is 0.303. The minimum atomic E-state index is -0.518. The van der Waals surface area contributed by atoms with Crippen molar-refractivity contribution in [1.82, 2.24) is 0 Å². The molecule has 0 aliphatic rings. The lowest BCUT2D eigenvalue weighted by Crippen LogP contribution is -2.11. The second kappa shape index (κ2) is 6.03. The minimum Gasteiger partial charge on any atom is -0.497 e. The van der Waals surface area contributed by atoms with E-state index in [1.165, 1.54) is 13.8 Å². The Kier molecular flexibility index (Phi) is 4.69. The number of methoxy groups -OCH3 is 1. The fourth-order valence-electron chi connectivity index (χ4n) is 1.51. The normalized spacial score (nSPS) is 11.7. The van der Waals surface area contributed by atoms with Gasteiger partial charge in [0.05, 0.1) is 7.11 Å². The van der Waals surface area contributed by atoms with E-state index in [4.69, 9.17) is 9.47 Å². The Bertz CT molecular complexity index is 378. The highest BCUT2D eigenvalue weighted by Crippen LogP contribution is 2.24. The van der Waals surface area contributed by atoms with E-state index >= 15 is 0 Å². The summed E-state index contributed by atoms with van der Waals surface area (Å²) in [6.45, 7) is 2.80. The van der Waals surface area contributed by atoms with Gasteiger partial charge in [-0.05, 0) is 24.6 Å². The zero-order valence-corrected chi connectivity index (χ0v) is 10.2. The number of hydrogen-bond donors (Lipinski definition) is 0. The average Bonchev–Trinajstić information content (AvgIpc) is 2.27. The highest BCUT2D eigenvalue weighted by atomic mass is 16.5. The molecule has 0 aromatic heterocycles. The van der Waals surface area contributed by atoms with Gasteiger partial charge in [0.15, 0.2) is 0 Å². The zero-order chi connectivity index (χ0) is 12.8. The average molecular weight is 236 g/mol. The third kappa shape index (κ3) is 4.26. The van der Waals surface area contributed by atoms with Crippen LogP contribution in [0.5, 0.6) is 5.75 Å². The smallest absolute Gasteiger partial charge is 0.303 e. The van der Waals surface area contributed by atoms with E-state index in [0.29, 0.717) is 0 Å². The third-order valence-electron chi connectivity index (χ3n) is 2.27. The van der Waals surface area contributed by atoms with Gasteiger partial charge in [0.2, 0.25) is 0 Å². The fourth-order valence-corrected chi connectivity index (χ4v) is 1.51. The van der Waals surface area contributed by atoms with E-state index in [0.717, 1.165) is 11.3 Å². The van der Waals surface area contributed by atoms with Crippen molar-refractivity contribution < 1.29 is 19.1 Å². The Hall–Kier alpha value is -1.84. The third-order valence-corrected chi connectivity index (χ3v) is 2.27. The first kappa shape index (κ1) is 13.2. The van der Waals surface area contributed by atoms with Crippen molar-refractivity contribution in [1.29, 1.82) is 0 Å². The highest BCUT2D eigenvalue weighted by molar-refractivity contribution is 5.77. The minimum absolute atomic E-state index is 0.0212. The van der Waals surface area contributed by atoms with E-state index in [2.05, 4.69) is 0 Å². The van der Waals surface area contributed by atoms with Crippen LogP contribution < -0.4 is 4.74 Å². The molecule has 0 unspecified atom stereocenters. The molecule has 0 bridgehead atoms. The molecule has 0 aliphatic heterocycles. The number of hydrogen-bond acceptors (Lipinski definition) is 4. The standard InChI is InChI=1S/C13H16O4/c1-9(14)8-13(17-10(2)15)11-4-6-12(16-3)7-5-11/h4-7,13H,8H2,1-3H3/t13-/m1/s1. The van der Waals surface area contributed by atoms with E-state index in [9.17, 15) is 9.59 Å². The maximum absolute atomic E-state index is 11.1. The number of benzene rings is 1. The van der Waals surface area contributed by atoms with Gasteiger partial charge in [0.1, 0.15) is 17.6 Å². The van der Waals surface area contributed by atoms with Gasteiger partial charge < -0.3 is 9.47 Å². The summed E-state index contributed by atoms with van der Waals surface area (Å²) < 4.78 is 10.2. The molecular weight excluding hydrogens is 220 g/mol. The van der Waals surface area contributed by atoms with Gasteiger partial charge in [-0.2, -0.15) is 0 Å². The summed E-state index contributed by atoms with van der Waals surface area (Å²) in [4.78, 5) is 22.1. The fraction of sp³-hybridized carbons (Fsp3) is 0.385. The van der Waals surface area contributed by atoms with Crippen LogP contribution in [0, 0.1) is 0 Å². The van der Waals surface area contributed by atoms with Gasteiger partial charge in [-0.25, -0.2) is 0 Å². The molecule has 1 rings (SSSR count). The van der Waals surface area contributed by atoms with Crippen LogP contribution in [0.4, 0.5) is 0 Å². The van der Waals surface area contributed by atoms with Crippen LogP contribution in [0.25, 0.3) is 0 Å². The number of rotatable bonds is 5. The Labute approximate surface area is 101 Å². The number of carbonyl (C=O) groups excluding carboxylic acids is 2. The predicted octanol–water partition coefficient (Wildman–Crippen LogP) is 2.28. The zero-order valence-electron chi connectivity index (χ0n) is 10.2. The van der Waals surface area contributed by atoms with Crippen LogP contribution in [0.15, 0.2) is 24.3 Å². The van der Waals surface area contributed by atoms with Crippen molar-refractivity contribution in [3.05, 3.63) is 29.8 Å². The molecule has 1 aromatic carbocycles. The molecule has 1 aromatic rings. The van der Waals surface area contributed by atoms with Gasteiger partial charge in [-0.1, -0.05) is 12.1 Å². The monoisotopic (exact) mass is 236 g/mol. The van der Waals surface area contributed by atoms with Crippen LogP contribution >= 0.6 is 0 Å². The Morgan fingerprint density at radius 2 is 1.76 bits per heavy atom. The van der Waals surface area contributed by atoms with Crippen molar-refractivity contribution in [2.75, 3.05) is 7.11 Å². The molecule has 17 heavy (non-hydrogen) atoms. The summed E-state index contributed by atoms with van der Waals surface area (Å²) in [6, 6.07) is 7.11. The van der Waals surface area contributed by atoms with Gasteiger partial charge in [0, 0.05) is 13.3 Å². The molecule has 0 radical (unpaired) electrons. The second-order valence-electron chi connectivity index (χ2n) is 3.78. The molecule has 92 valence electrons. The second-order valence-corrected chi connectivity index (χ2v) is 3.78. The maximum atomic E-state index is 11.1. The van der Waals surface area contributed by atoms with E-state index in [1.54, 1.807) is 31.4 Å². The molecule has 1 atom stereocenters. The Balaban J connectivity index is 2.86. The van der Waals surface area contributed by atoms with Gasteiger partial charge in [-0.3, -0.25) is 9.59 Å². The lowest BCUT2D eigenvalue weighted by atomic mass is 10.0. The van der Waals surface area contributed by atoms with Crippen LogP contribution in [-0.4, -0.2) is 18.9 Å². The summed E-state index contributed by atoms with van der Waals surface area (Å²) in [5.41, 5.74) is 0.788. The van der Waals surface area contributed by atoms with Crippen molar-refractivity contribution in [3.63, 3.8) is 0 Å². The molecule has 0 amide bonds. The molecule has 0 fully saturated rings. The first-order valence-electron chi connectivity index (χ1n) is 5.33. The molecule has 0 saturated heterocycles. The molecule has 0 aliphatic carbocycles. The van der Waals surface area contributed by atoms with Gasteiger partial charge in [-0.15, -0.1) is 0 Å². The van der Waals surface area contributed by atoms with E-state index in [1.807, 2.05) is 0 Å². The summed E-state index contributed by atoms with van der Waals surface area (Å²) in [5, 5.41) is 0. The van der Waals surface area contributed by atoms with Crippen molar-refractivity contribution in [3.8, 4) is 5.75 Å². The predicted molar refractivity (Wildman–Crippen MR) is 62.8 cm³/mol. The molecule has 4 nitrogen and oxygen atoms in total. The van der Waals surface area contributed by atoms with Gasteiger partial charge >= 0.3 is 5.97 Å². The number of carbonyl (C=O) groups is 2. The number of ether oxygens (including phenoxy) is 2. The first-order chi connectivity index (χ1) is 8.02. The van der Waals surface area contributed by atoms with Crippen molar-refractivity contribution in [2.24, 2.45) is 0 Å². The highest BCUT2D eigenvalue weighted by Gasteiger charge is 2.16. The first-order valence-corrected chi connectivity index (χ1v) is 5.33. The summed E-state index contributed by atoms with van der Waals surface area (Å²) in [7, 11) is 1.58. The lowest BCUT2D eigenvalue weighted by molar-refractivity contribution is -0.147. The topological polar surface area (TPSA) is 52.6 Å². The largest absolute Gasteiger partial charge is 0.497 e. The summed E-state index contributed by atoms with van der Waals surface area (Å²) >= 11 is 0. The van der Waals surface area contributed by atoms with Crippen molar-refractivity contribution >= 4 is 11.8 Å². The number of ketones is 1. The molecule has 0 saturated carbocycles. The van der Waals surface area contributed by atoms with E-state index in [-0.39, 0.29) is 12.2 Å². The number of esters is 1. The van der Waals surface area contributed by atoms with Crippen molar-refractivity contribution in [2.45, 2.75) is 26.4 Å². The van der Waals surface area contributed by atoms with Gasteiger partial charge in [0.25, 0.3) is 0 Å². The maximum Gasteiger partial charge on any atom is 0.303 e. The van der Waals surface area contributed by atoms with Crippen LogP contribution in [0.2, 0.25) is 0 Å². The SMILES string of the molecule is COc1ccc([C@@H](CC(C)=O)OC(C)=O)cc1. The van der Waals surface area contributed by atoms with Crippen LogP contribution in [0.3, 0.4) is 0 Å². The quantitative estimate of drug-likeness (QED) is 0.736. The Morgan fingerprint density at radius 1 is 1.18 bits per heavy atom.